The minimum absolute atomic E-state index is 0.342. The Hall–Kier alpha value is -1.73. The van der Waals surface area contributed by atoms with Gasteiger partial charge in [0.05, 0.1) is 34.8 Å². The Morgan fingerprint density at radius 3 is 2.73 bits per heavy atom. The maximum absolute atomic E-state index is 13.9. The number of nitrogens with one attached hydrogen (secondary N) is 1. The molecule has 2 aromatic carbocycles. The summed E-state index contributed by atoms with van der Waals surface area (Å²) in [6.45, 7) is 0. The quantitative estimate of drug-likeness (QED) is 0.606. The van der Waals surface area contributed by atoms with Crippen LogP contribution in [0.25, 0.3) is 0 Å². The first-order chi connectivity index (χ1) is 10.6. The van der Waals surface area contributed by atoms with E-state index in [-0.39, 0.29) is 5.82 Å². The molecule has 0 amide bonds. The number of methoxy groups -OCH3 is 2. The normalized spacial score (nSPS) is 10.2. The first-order valence-electron chi connectivity index (χ1n) is 6.20. The van der Waals surface area contributed by atoms with Crippen molar-refractivity contribution in [2.24, 2.45) is 0 Å². The summed E-state index contributed by atoms with van der Waals surface area (Å²) in [6.07, 6.45) is 0. The molecule has 0 spiro atoms. The molecule has 0 aromatic heterocycles. The smallest absolute Gasteiger partial charge is 0.337 e. The molecule has 0 aliphatic carbocycles. The maximum atomic E-state index is 13.9. The molecule has 2 rings (SSSR count). The molecular formula is C15H13BrFNO3S. The Morgan fingerprint density at radius 2 is 2.05 bits per heavy atom. The molecule has 0 heterocycles. The monoisotopic (exact) mass is 385 g/mol. The molecule has 0 aliphatic heterocycles. The molecule has 0 bridgehead atoms. The first kappa shape index (κ1) is 16.6. The first-order valence-corrected chi connectivity index (χ1v) is 7.81. The lowest BCUT2D eigenvalue weighted by atomic mass is 10.2. The number of esters is 1. The van der Waals surface area contributed by atoms with E-state index in [0.717, 1.165) is 11.9 Å². The van der Waals surface area contributed by atoms with Gasteiger partial charge in [-0.2, -0.15) is 0 Å². The van der Waals surface area contributed by atoms with Gasteiger partial charge in [-0.05, 0) is 58.2 Å². The molecule has 1 N–H and O–H groups in total. The zero-order valence-corrected chi connectivity index (χ0v) is 14.3. The van der Waals surface area contributed by atoms with Crippen LogP contribution in [0.5, 0.6) is 5.75 Å². The lowest BCUT2D eigenvalue weighted by molar-refractivity contribution is 0.0600. The summed E-state index contributed by atoms with van der Waals surface area (Å²) in [5.41, 5.74) is 1.00. The number of hydrogen-bond donors (Lipinski definition) is 1. The third-order valence-corrected chi connectivity index (χ3v) is 4.28. The third kappa shape index (κ3) is 3.72. The molecule has 4 nitrogen and oxygen atoms in total. The van der Waals surface area contributed by atoms with Crippen LogP contribution in [0.3, 0.4) is 0 Å². The van der Waals surface area contributed by atoms with Gasteiger partial charge in [0.25, 0.3) is 0 Å². The van der Waals surface area contributed by atoms with E-state index in [0.29, 0.717) is 26.4 Å². The van der Waals surface area contributed by atoms with Gasteiger partial charge in [-0.3, -0.25) is 0 Å². The standard InChI is InChI=1S/C15H13BrFNO3S/c1-20-12-8-9(15(19)21-2)6-7-11(12)18-22-13-5-3-4-10(16)14(13)17/h3-8,18H,1-2H3. The molecule has 2 aromatic rings. The molecule has 0 saturated heterocycles. The van der Waals surface area contributed by atoms with Crippen LogP contribution >= 0.6 is 27.9 Å². The van der Waals surface area contributed by atoms with Crippen molar-refractivity contribution >= 4 is 39.5 Å². The highest BCUT2D eigenvalue weighted by molar-refractivity contribution is 9.10. The third-order valence-electron chi connectivity index (χ3n) is 2.81. The fourth-order valence-corrected chi connectivity index (χ4v) is 2.93. The van der Waals surface area contributed by atoms with Crippen LogP contribution in [0.2, 0.25) is 0 Å². The average Bonchev–Trinajstić information content (AvgIpc) is 2.55. The highest BCUT2D eigenvalue weighted by atomic mass is 79.9. The Kier molecular flexibility index (Phi) is 5.68. The lowest BCUT2D eigenvalue weighted by Gasteiger charge is -2.12. The Balaban J connectivity index is 2.19. The fourth-order valence-electron chi connectivity index (χ4n) is 1.69. The van der Waals surface area contributed by atoms with Crippen LogP contribution in [0.15, 0.2) is 45.8 Å². The predicted octanol–water partition coefficient (Wildman–Crippen LogP) is 4.50. The summed E-state index contributed by atoms with van der Waals surface area (Å²) >= 11 is 4.25. The molecule has 22 heavy (non-hydrogen) atoms. The van der Waals surface area contributed by atoms with Crippen molar-refractivity contribution in [3.63, 3.8) is 0 Å². The Bertz CT molecular complexity index is 696. The maximum Gasteiger partial charge on any atom is 0.337 e. The van der Waals surface area contributed by atoms with E-state index in [9.17, 15) is 9.18 Å². The number of carbonyl (C=O) groups is 1. The summed E-state index contributed by atoms with van der Waals surface area (Å²) in [5.74, 6) is -0.327. The topological polar surface area (TPSA) is 47.6 Å². The zero-order valence-electron chi connectivity index (χ0n) is 11.9. The number of benzene rings is 2. The van der Waals surface area contributed by atoms with Gasteiger partial charge in [0, 0.05) is 0 Å². The largest absolute Gasteiger partial charge is 0.495 e. The molecule has 0 unspecified atom stereocenters. The van der Waals surface area contributed by atoms with Crippen molar-refractivity contribution in [1.29, 1.82) is 0 Å². The van der Waals surface area contributed by atoms with Crippen LogP contribution < -0.4 is 9.46 Å². The number of carbonyl (C=O) groups excluding carboxylic acids is 1. The van der Waals surface area contributed by atoms with Crippen molar-refractivity contribution in [3.05, 3.63) is 52.3 Å². The molecule has 0 aliphatic rings. The van der Waals surface area contributed by atoms with Gasteiger partial charge < -0.3 is 14.2 Å². The van der Waals surface area contributed by atoms with Gasteiger partial charge in [0.2, 0.25) is 0 Å². The highest BCUT2D eigenvalue weighted by Crippen LogP contribution is 2.32. The van der Waals surface area contributed by atoms with Crippen molar-refractivity contribution in [2.75, 3.05) is 18.9 Å². The van der Waals surface area contributed by atoms with E-state index in [1.807, 2.05) is 0 Å². The van der Waals surface area contributed by atoms with E-state index in [1.54, 1.807) is 36.4 Å². The van der Waals surface area contributed by atoms with Crippen LogP contribution in [0.1, 0.15) is 10.4 Å². The van der Waals surface area contributed by atoms with E-state index >= 15 is 0 Å². The SMILES string of the molecule is COC(=O)c1ccc(NSc2cccc(Br)c2F)c(OC)c1. The van der Waals surface area contributed by atoms with Crippen molar-refractivity contribution in [1.82, 2.24) is 0 Å². The average molecular weight is 386 g/mol. The summed E-state index contributed by atoms with van der Waals surface area (Å²) in [7, 11) is 2.80. The van der Waals surface area contributed by atoms with Crippen LogP contribution in [-0.4, -0.2) is 20.2 Å². The van der Waals surface area contributed by atoms with Crippen LogP contribution in [0, 0.1) is 5.82 Å². The number of ether oxygens (including phenoxy) is 2. The molecular weight excluding hydrogens is 373 g/mol. The number of rotatable bonds is 5. The van der Waals surface area contributed by atoms with Gasteiger partial charge in [-0.1, -0.05) is 6.07 Å². The van der Waals surface area contributed by atoms with E-state index in [1.165, 1.54) is 14.2 Å². The van der Waals surface area contributed by atoms with E-state index in [4.69, 9.17) is 4.74 Å². The molecule has 7 heteroatoms. The summed E-state index contributed by atoms with van der Waals surface area (Å²) in [5, 5.41) is 0. The second kappa shape index (κ2) is 7.51. The van der Waals surface area contributed by atoms with Crippen molar-refractivity contribution in [3.8, 4) is 5.75 Å². The Morgan fingerprint density at radius 1 is 1.27 bits per heavy atom. The van der Waals surface area contributed by atoms with Gasteiger partial charge >= 0.3 is 5.97 Å². The Labute approximate surface area is 140 Å². The fraction of sp³-hybridized carbons (Fsp3) is 0.133. The number of halogens is 2. The molecule has 0 radical (unpaired) electrons. The van der Waals surface area contributed by atoms with Crippen molar-refractivity contribution < 1.29 is 18.7 Å². The summed E-state index contributed by atoms with van der Waals surface area (Å²) in [4.78, 5) is 11.9. The van der Waals surface area contributed by atoms with E-state index < -0.39 is 5.97 Å². The van der Waals surface area contributed by atoms with Crippen molar-refractivity contribution in [2.45, 2.75) is 4.90 Å². The number of hydrogen-bond acceptors (Lipinski definition) is 5. The van der Waals surface area contributed by atoms with Crippen LogP contribution in [-0.2, 0) is 4.74 Å². The molecule has 116 valence electrons. The summed E-state index contributed by atoms with van der Waals surface area (Å²) in [6, 6.07) is 9.88. The minimum Gasteiger partial charge on any atom is -0.495 e. The highest BCUT2D eigenvalue weighted by Gasteiger charge is 2.12. The summed E-state index contributed by atoms with van der Waals surface area (Å²) < 4.78 is 27.2. The van der Waals surface area contributed by atoms with Gasteiger partial charge in [0.15, 0.2) is 5.82 Å². The predicted molar refractivity (Wildman–Crippen MR) is 87.9 cm³/mol. The second-order valence-electron chi connectivity index (χ2n) is 4.16. The zero-order chi connectivity index (χ0) is 16.1. The van der Waals surface area contributed by atoms with E-state index in [2.05, 4.69) is 25.4 Å². The molecule has 0 fully saturated rings. The van der Waals surface area contributed by atoms with Gasteiger partial charge in [0.1, 0.15) is 5.75 Å². The van der Waals surface area contributed by atoms with Gasteiger partial charge in [-0.15, -0.1) is 0 Å². The molecule has 0 saturated carbocycles. The molecule has 0 atom stereocenters. The minimum atomic E-state index is -0.449. The van der Waals surface area contributed by atoms with Gasteiger partial charge in [-0.25, -0.2) is 9.18 Å². The lowest BCUT2D eigenvalue weighted by Crippen LogP contribution is -2.02. The number of anilines is 1. The second-order valence-corrected chi connectivity index (χ2v) is 5.87. The van der Waals surface area contributed by atoms with Crippen LogP contribution in [0.4, 0.5) is 10.1 Å².